The van der Waals surface area contributed by atoms with E-state index in [2.05, 4.69) is 17.0 Å². The van der Waals surface area contributed by atoms with Gasteiger partial charge in [-0.15, -0.1) is 0 Å². The standard InChI is InChI=1S/C29H24FNO2/c30-28-8-4-3-7-26(28)25(22-9-12-23(13-10-22)31-17-19-33-20-18-31)14-15-27-24-6-2-1-5-21(24)11-16-29(27)32/h1-16H,17-20H2/b25-14-,27-15+. The van der Waals surface area contributed by atoms with Crippen LogP contribution in [0.1, 0.15) is 22.3 Å². The lowest BCUT2D eigenvalue weighted by Crippen LogP contribution is -2.36. The second kappa shape index (κ2) is 9.39. The van der Waals surface area contributed by atoms with Gasteiger partial charge in [-0.2, -0.15) is 0 Å². The fraction of sp³-hybridized carbons (Fsp3) is 0.138. The van der Waals surface area contributed by atoms with E-state index in [9.17, 15) is 9.18 Å². The number of rotatable bonds is 4. The van der Waals surface area contributed by atoms with Crippen LogP contribution >= 0.6 is 0 Å². The zero-order valence-corrected chi connectivity index (χ0v) is 18.2. The molecule has 164 valence electrons. The number of nitrogens with zero attached hydrogens (tertiary/aromatic N) is 1. The zero-order valence-electron chi connectivity index (χ0n) is 18.2. The maximum absolute atomic E-state index is 14.8. The average Bonchev–Trinajstić information content (AvgIpc) is 2.87. The number of morpholine rings is 1. The smallest absolute Gasteiger partial charge is 0.186 e. The highest BCUT2D eigenvalue weighted by Gasteiger charge is 2.17. The molecule has 2 aliphatic rings. The molecule has 3 aromatic carbocycles. The number of hydrogen-bond donors (Lipinski definition) is 0. The molecule has 33 heavy (non-hydrogen) atoms. The van der Waals surface area contributed by atoms with Crippen molar-refractivity contribution >= 4 is 28.7 Å². The predicted molar refractivity (Wildman–Crippen MR) is 131 cm³/mol. The van der Waals surface area contributed by atoms with Gasteiger partial charge < -0.3 is 9.64 Å². The van der Waals surface area contributed by atoms with Gasteiger partial charge in [-0.05, 0) is 52.6 Å². The first kappa shape index (κ1) is 21.1. The summed E-state index contributed by atoms with van der Waals surface area (Å²) in [5, 5.41) is 0. The van der Waals surface area contributed by atoms with Crippen molar-refractivity contribution in [2.75, 3.05) is 31.2 Å². The van der Waals surface area contributed by atoms with Crippen molar-refractivity contribution in [1.82, 2.24) is 0 Å². The Morgan fingerprint density at radius 2 is 1.61 bits per heavy atom. The first-order valence-corrected chi connectivity index (χ1v) is 11.1. The van der Waals surface area contributed by atoms with Gasteiger partial charge >= 0.3 is 0 Å². The van der Waals surface area contributed by atoms with Crippen LogP contribution in [-0.2, 0) is 9.53 Å². The van der Waals surface area contributed by atoms with Crippen LogP contribution in [0.2, 0.25) is 0 Å². The van der Waals surface area contributed by atoms with E-state index in [0.717, 1.165) is 54.3 Å². The van der Waals surface area contributed by atoms with Gasteiger partial charge in [-0.1, -0.05) is 66.7 Å². The molecular weight excluding hydrogens is 413 g/mol. The van der Waals surface area contributed by atoms with E-state index < -0.39 is 0 Å². The first-order valence-electron chi connectivity index (χ1n) is 11.1. The van der Waals surface area contributed by atoms with E-state index in [4.69, 9.17) is 4.74 Å². The lowest BCUT2D eigenvalue weighted by atomic mass is 9.90. The van der Waals surface area contributed by atoms with Crippen LogP contribution < -0.4 is 4.90 Å². The number of carbonyl (C=O) groups is 1. The van der Waals surface area contributed by atoms with Crippen LogP contribution in [0.25, 0.3) is 17.2 Å². The normalized spacial score (nSPS) is 17.4. The van der Waals surface area contributed by atoms with Crippen LogP contribution in [0, 0.1) is 5.82 Å². The molecule has 1 saturated heterocycles. The Morgan fingerprint density at radius 1 is 0.879 bits per heavy atom. The van der Waals surface area contributed by atoms with E-state index in [1.807, 2.05) is 60.7 Å². The molecule has 1 heterocycles. The van der Waals surface area contributed by atoms with Crippen molar-refractivity contribution in [1.29, 1.82) is 0 Å². The SMILES string of the molecule is O=C1C=Cc2ccccc2/C1=C\C=C(\c1ccc(N2CCOCC2)cc1)c1ccccc1F. The summed E-state index contributed by atoms with van der Waals surface area (Å²) in [6, 6.07) is 22.7. The molecule has 0 aromatic heterocycles. The van der Waals surface area contributed by atoms with Crippen molar-refractivity contribution in [2.45, 2.75) is 0 Å². The first-order chi connectivity index (χ1) is 16.2. The summed E-state index contributed by atoms with van der Waals surface area (Å²) >= 11 is 0. The molecule has 1 fully saturated rings. The molecule has 4 heteroatoms. The molecule has 0 atom stereocenters. The third kappa shape index (κ3) is 4.43. The van der Waals surface area contributed by atoms with Gasteiger partial charge in [0.25, 0.3) is 0 Å². The number of allylic oxidation sites excluding steroid dienone is 4. The van der Waals surface area contributed by atoms with Gasteiger partial charge in [0.05, 0.1) is 13.2 Å². The van der Waals surface area contributed by atoms with Crippen LogP contribution in [0.4, 0.5) is 10.1 Å². The molecule has 0 spiro atoms. The number of carbonyl (C=O) groups excluding carboxylic acids is 1. The molecular formula is C29H24FNO2. The number of ether oxygens (including phenoxy) is 1. The highest BCUT2D eigenvalue weighted by atomic mass is 19.1. The maximum Gasteiger partial charge on any atom is 0.186 e. The highest BCUT2D eigenvalue weighted by Crippen LogP contribution is 2.31. The molecule has 1 aliphatic heterocycles. The Bertz CT molecular complexity index is 1260. The van der Waals surface area contributed by atoms with Gasteiger partial charge in [0.2, 0.25) is 0 Å². The third-order valence-electron chi connectivity index (χ3n) is 6.07. The number of anilines is 1. The molecule has 1 aliphatic carbocycles. The lowest BCUT2D eigenvalue weighted by molar-refractivity contribution is -0.109. The molecule has 3 nitrogen and oxygen atoms in total. The van der Waals surface area contributed by atoms with Crippen LogP contribution in [0.15, 0.2) is 91.0 Å². The summed E-state index contributed by atoms with van der Waals surface area (Å²) in [6.07, 6.45) is 7.08. The quantitative estimate of drug-likeness (QED) is 0.485. The Balaban J connectivity index is 1.57. The minimum Gasteiger partial charge on any atom is -0.378 e. The summed E-state index contributed by atoms with van der Waals surface area (Å²) in [7, 11) is 0. The fourth-order valence-corrected chi connectivity index (χ4v) is 4.31. The molecule has 0 bridgehead atoms. The topological polar surface area (TPSA) is 29.5 Å². The minimum absolute atomic E-state index is 0.0551. The second-order valence-electron chi connectivity index (χ2n) is 8.07. The molecule has 0 unspecified atom stereocenters. The van der Waals surface area contributed by atoms with E-state index in [1.165, 1.54) is 6.07 Å². The second-order valence-corrected chi connectivity index (χ2v) is 8.07. The number of ketones is 1. The number of hydrogen-bond acceptors (Lipinski definition) is 3. The van der Waals surface area contributed by atoms with Crippen molar-refractivity contribution in [3.8, 4) is 0 Å². The Hall–Kier alpha value is -3.76. The van der Waals surface area contributed by atoms with Gasteiger partial charge in [0.1, 0.15) is 5.82 Å². The molecule has 3 aromatic rings. The van der Waals surface area contributed by atoms with Gasteiger partial charge in [-0.3, -0.25) is 4.79 Å². The summed E-state index contributed by atoms with van der Waals surface area (Å²) in [4.78, 5) is 14.9. The lowest BCUT2D eigenvalue weighted by Gasteiger charge is -2.29. The molecule has 0 radical (unpaired) electrons. The summed E-state index contributed by atoms with van der Waals surface area (Å²) < 4.78 is 20.3. The number of benzene rings is 3. The highest BCUT2D eigenvalue weighted by molar-refractivity contribution is 6.30. The van der Waals surface area contributed by atoms with E-state index in [1.54, 1.807) is 18.2 Å². The largest absolute Gasteiger partial charge is 0.378 e. The Kier molecular flexibility index (Phi) is 6.01. The third-order valence-corrected chi connectivity index (χ3v) is 6.07. The Morgan fingerprint density at radius 3 is 2.39 bits per heavy atom. The molecule has 0 N–H and O–H groups in total. The van der Waals surface area contributed by atoms with Crippen molar-refractivity contribution in [3.05, 3.63) is 119 Å². The molecule has 5 rings (SSSR count). The summed E-state index contributed by atoms with van der Waals surface area (Å²) in [5.41, 5.74) is 5.73. The van der Waals surface area contributed by atoms with Crippen LogP contribution in [0.3, 0.4) is 0 Å². The van der Waals surface area contributed by atoms with E-state index in [0.29, 0.717) is 11.1 Å². The van der Waals surface area contributed by atoms with Crippen molar-refractivity contribution < 1.29 is 13.9 Å². The zero-order chi connectivity index (χ0) is 22.6. The van der Waals surface area contributed by atoms with Crippen LogP contribution in [-0.4, -0.2) is 32.1 Å². The van der Waals surface area contributed by atoms with Crippen LogP contribution in [0.5, 0.6) is 0 Å². The molecule has 0 saturated carbocycles. The van der Waals surface area contributed by atoms with E-state index >= 15 is 0 Å². The monoisotopic (exact) mass is 437 g/mol. The van der Waals surface area contributed by atoms with E-state index in [-0.39, 0.29) is 11.6 Å². The number of fused-ring (bicyclic) bond motifs is 1. The number of halogens is 1. The Labute approximate surface area is 193 Å². The predicted octanol–water partition coefficient (Wildman–Crippen LogP) is 5.77. The summed E-state index contributed by atoms with van der Waals surface area (Å²) in [5.74, 6) is -0.352. The minimum atomic E-state index is -0.297. The fourth-order valence-electron chi connectivity index (χ4n) is 4.31. The molecule has 0 amide bonds. The van der Waals surface area contributed by atoms with Gasteiger partial charge in [0, 0.05) is 29.9 Å². The maximum atomic E-state index is 14.8. The summed E-state index contributed by atoms with van der Waals surface area (Å²) in [6.45, 7) is 3.16. The average molecular weight is 438 g/mol. The van der Waals surface area contributed by atoms with Crippen molar-refractivity contribution in [3.63, 3.8) is 0 Å². The van der Waals surface area contributed by atoms with Crippen molar-refractivity contribution in [2.24, 2.45) is 0 Å². The van der Waals surface area contributed by atoms with Gasteiger partial charge in [-0.25, -0.2) is 4.39 Å². The van der Waals surface area contributed by atoms with Gasteiger partial charge in [0.15, 0.2) is 5.78 Å².